The monoisotopic (exact) mass is 316 g/mol. The molecule has 5 nitrogen and oxygen atoms in total. The van der Waals surface area contributed by atoms with Crippen LogP contribution in [0.15, 0.2) is 30.5 Å². The van der Waals surface area contributed by atoms with Crippen molar-refractivity contribution in [3.05, 3.63) is 52.8 Å². The van der Waals surface area contributed by atoms with Crippen LogP contribution in [0.1, 0.15) is 29.3 Å². The minimum Gasteiger partial charge on any atom is -0.496 e. The average Bonchev–Trinajstić information content (AvgIpc) is 3.19. The van der Waals surface area contributed by atoms with E-state index >= 15 is 0 Å². The summed E-state index contributed by atoms with van der Waals surface area (Å²) in [7, 11) is 1.71. The summed E-state index contributed by atoms with van der Waals surface area (Å²) >= 11 is 0. The largest absolute Gasteiger partial charge is 0.496 e. The number of nitrogens with one attached hydrogen (secondary N) is 1. The molecule has 3 aromatic rings. The molecule has 1 N–H and O–H groups in total. The van der Waals surface area contributed by atoms with Gasteiger partial charge in [-0.05, 0) is 41.8 Å². The first-order valence-electron chi connectivity index (χ1n) is 7.89. The molecule has 1 aliphatic carbocycles. The van der Waals surface area contributed by atoms with Gasteiger partial charge >= 0.3 is 0 Å². The topological polar surface area (TPSA) is 74.6 Å². The molecular formula is C19H16N4O. The second kappa shape index (κ2) is 5.50. The highest BCUT2D eigenvalue weighted by atomic mass is 16.5. The zero-order valence-electron chi connectivity index (χ0n) is 13.6. The van der Waals surface area contributed by atoms with Crippen LogP contribution in [0, 0.1) is 11.3 Å². The van der Waals surface area contributed by atoms with Crippen LogP contribution in [0.2, 0.25) is 0 Å². The van der Waals surface area contributed by atoms with E-state index in [0.717, 1.165) is 35.5 Å². The van der Waals surface area contributed by atoms with E-state index in [9.17, 15) is 0 Å². The first kappa shape index (κ1) is 14.5. The van der Waals surface area contributed by atoms with E-state index in [-0.39, 0.29) is 0 Å². The van der Waals surface area contributed by atoms with Gasteiger partial charge in [0.15, 0.2) is 0 Å². The third-order valence-electron chi connectivity index (χ3n) is 4.54. The van der Waals surface area contributed by atoms with Gasteiger partial charge in [-0.15, -0.1) is 0 Å². The Morgan fingerprint density at radius 2 is 2.21 bits per heavy atom. The van der Waals surface area contributed by atoms with Gasteiger partial charge in [0.2, 0.25) is 0 Å². The second-order valence-corrected chi connectivity index (χ2v) is 5.82. The van der Waals surface area contributed by atoms with Crippen LogP contribution < -0.4 is 4.74 Å². The number of aryl methyl sites for hydroxylation is 1. The third-order valence-corrected chi connectivity index (χ3v) is 4.54. The molecule has 0 fully saturated rings. The molecular weight excluding hydrogens is 300 g/mol. The molecule has 0 spiro atoms. The molecule has 4 rings (SSSR count). The molecule has 2 heterocycles. The highest BCUT2D eigenvalue weighted by Gasteiger charge is 2.26. The van der Waals surface area contributed by atoms with Crippen LogP contribution in [0.25, 0.3) is 22.5 Å². The van der Waals surface area contributed by atoms with E-state index in [1.165, 1.54) is 22.3 Å². The Hall–Kier alpha value is -3.13. The van der Waals surface area contributed by atoms with Crippen molar-refractivity contribution in [3.63, 3.8) is 0 Å². The zero-order valence-corrected chi connectivity index (χ0v) is 13.6. The van der Waals surface area contributed by atoms with E-state index in [2.05, 4.69) is 34.2 Å². The number of H-pyrrole nitrogens is 1. The summed E-state index contributed by atoms with van der Waals surface area (Å²) in [5.41, 5.74) is 8.11. The standard InChI is InChI=1S/C19H16N4O/c1-3-11-6-15-13(8-17(11)24-2)7-16-18(22-23-19(15)16)12-4-5-14(9-20)21-10-12/h4-6,8,10H,3,7H2,1-2H3,(H,22,23). The van der Waals surface area contributed by atoms with Crippen molar-refractivity contribution in [2.75, 3.05) is 7.11 Å². The van der Waals surface area contributed by atoms with Gasteiger partial charge < -0.3 is 4.74 Å². The van der Waals surface area contributed by atoms with Crippen LogP contribution in [-0.4, -0.2) is 22.3 Å². The molecule has 24 heavy (non-hydrogen) atoms. The van der Waals surface area contributed by atoms with Crippen molar-refractivity contribution in [3.8, 4) is 34.3 Å². The highest BCUT2D eigenvalue weighted by Crippen LogP contribution is 2.42. The van der Waals surface area contributed by atoms with Crippen LogP contribution in [0.4, 0.5) is 0 Å². The SMILES string of the molecule is CCc1cc2c(cc1OC)Cc1c(-c3ccc(C#N)nc3)n[nH]c1-2. The maximum Gasteiger partial charge on any atom is 0.140 e. The van der Waals surface area contributed by atoms with E-state index in [0.29, 0.717) is 5.69 Å². The van der Waals surface area contributed by atoms with Crippen molar-refractivity contribution in [2.45, 2.75) is 19.8 Å². The Morgan fingerprint density at radius 3 is 2.88 bits per heavy atom. The molecule has 0 unspecified atom stereocenters. The number of benzene rings is 1. The van der Waals surface area contributed by atoms with Gasteiger partial charge in [-0.2, -0.15) is 10.4 Å². The summed E-state index contributed by atoms with van der Waals surface area (Å²) in [5, 5.41) is 16.5. The highest BCUT2D eigenvalue weighted by molar-refractivity contribution is 5.82. The number of methoxy groups -OCH3 is 1. The van der Waals surface area contributed by atoms with E-state index in [1.807, 2.05) is 12.1 Å². The van der Waals surface area contributed by atoms with E-state index in [4.69, 9.17) is 10.00 Å². The molecule has 2 aromatic heterocycles. The smallest absolute Gasteiger partial charge is 0.140 e. The summed E-state index contributed by atoms with van der Waals surface area (Å²) in [5.74, 6) is 0.941. The van der Waals surface area contributed by atoms with Gasteiger partial charge in [-0.3, -0.25) is 5.10 Å². The molecule has 0 atom stereocenters. The molecule has 1 aliphatic rings. The fourth-order valence-electron chi connectivity index (χ4n) is 3.30. The van der Waals surface area contributed by atoms with Crippen LogP contribution in [0.5, 0.6) is 5.75 Å². The molecule has 0 aliphatic heterocycles. The van der Waals surface area contributed by atoms with Gasteiger partial charge in [0.25, 0.3) is 0 Å². The van der Waals surface area contributed by atoms with Gasteiger partial charge in [-0.25, -0.2) is 4.98 Å². The van der Waals surface area contributed by atoms with Gasteiger partial charge in [0.1, 0.15) is 17.5 Å². The van der Waals surface area contributed by atoms with Gasteiger partial charge in [0, 0.05) is 29.3 Å². The maximum atomic E-state index is 8.88. The number of nitriles is 1. The van der Waals surface area contributed by atoms with Crippen molar-refractivity contribution in [1.82, 2.24) is 15.2 Å². The molecule has 0 amide bonds. The van der Waals surface area contributed by atoms with E-state index in [1.54, 1.807) is 19.4 Å². The number of nitrogens with zero attached hydrogens (tertiary/aromatic N) is 3. The minimum atomic E-state index is 0.409. The fourth-order valence-corrected chi connectivity index (χ4v) is 3.30. The number of hydrogen-bond acceptors (Lipinski definition) is 4. The Bertz CT molecular complexity index is 964. The number of aromatic amines is 1. The van der Waals surface area contributed by atoms with Crippen LogP contribution in [-0.2, 0) is 12.8 Å². The minimum absolute atomic E-state index is 0.409. The average molecular weight is 316 g/mol. The summed E-state index contributed by atoms with van der Waals surface area (Å²) in [6.07, 6.45) is 3.44. The molecule has 118 valence electrons. The third kappa shape index (κ3) is 2.08. The Labute approximate surface area is 139 Å². The Morgan fingerprint density at radius 1 is 1.33 bits per heavy atom. The van der Waals surface area contributed by atoms with Gasteiger partial charge in [-0.1, -0.05) is 6.92 Å². The number of aromatic nitrogens is 3. The molecule has 0 radical (unpaired) electrons. The lowest BCUT2D eigenvalue weighted by Crippen LogP contribution is -1.94. The lowest BCUT2D eigenvalue weighted by molar-refractivity contribution is 0.410. The van der Waals surface area contributed by atoms with Crippen molar-refractivity contribution < 1.29 is 4.74 Å². The summed E-state index contributed by atoms with van der Waals surface area (Å²) < 4.78 is 5.51. The van der Waals surface area contributed by atoms with Crippen molar-refractivity contribution >= 4 is 0 Å². The molecule has 0 saturated carbocycles. The normalized spacial score (nSPS) is 11.7. The number of pyridine rings is 1. The predicted molar refractivity (Wildman–Crippen MR) is 90.7 cm³/mol. The quantitative estimate of drug-likeness (QED) is 0.628. The second-order valence-electron chi connectivity index (χ2n) is 5.82. The lowest BCUT2D eigenvalue weighted by Gasteiger charge is -2.10. The first-order chi connectivity index (χ1) is 11.7. The van der Waals surface area contributed by atoms with Gasteiger partial charge in [0.05, 0.1) is 18.5 Å². The van der Waals surface area contributed by atoms with Crippen LogP contribution in [0.3, 0.4) is 0 Å². The lowest BCUT2D eigenvalue weighted by atomic mass is 10.0. The molecule has 0 saturated heterocycles. The number of hydrogen-bond donors (Lipinski definition) is 1. The Kier molecular flexibility index (Phi) is 3.31. The van der Waals surface area contributed by atoms with Crippen molar-refractivity contribution in [1.29, 1.82) is 5.26 Å². The number of fused-ring (bicyclic) bond motifs is 3. The number of rotatable bonds is 3. The Balaban J connectivity index is 1.80. The maximum absolute atomic E-state index is 8.88. The van der Waals surface area contributed by atoms with E-state index < -0.39 is 0 Å². The number of ether oxygens (including phenoxy) is 1. The first-order valence-corrected chi connectivity index (χ1v) is 7.89. The fraction of sp³-hybridized carbons (Fsp3) is 0.211. The predicted octanol–water partition coefficient (Wildman–Crippen LogP) is 3.49. The molecule has 0 bridgehead atoms. The zero-order chi connectivity index (χ0) is 16.7. The summed E-state index contributed by atoms with van der Waals surface area (Å²) in [4.78, 5) is 4.15. The molecule has 1 aromatic carbocycles. The summed E-state index contributed by atoms with van der Waals surface area (Å²) in [6.45, 7) is 2.13. The summed E-state index contributed by atoms with van der Waals surface area (Å²) in [6, 6.07) is 9.97. The van der Waals surface area contributed by atoms with Crippen molar-refractivity contribution in [2.24, 2.45) is 0 Å². The van der Waals surface area contributed by atoms with Crippen LogP contribution >= 0.6 is 0 Å². The molecule has 5 heteroatoms.